The fraction of sp³-hybridized carbons (Fsp3) is 0.185. The van der Waals surface area contributed by atoms with E-state index in [-0.39, 0.29) is 29.6 Å². The topological polar surface area (TPSA) is 77.3 Å². The van der Waals surface area contributed by atoms with E-state index in [1.807, 2.05) is 0 Å². The van der Waals surface area contributed by atoms with Crippen LogP contribution < -0.4 is 0 Å². The Hall–Kier alpha value is -4.68. The Kier molecular flexibility index (Phi) is 6.82. The van der Waals surface area contributed by atoms with Crippen molar-refractivity contribution in [3.05, 3.63) is 107 Å². The lowest BCUT2D eigenvalue weighted by molar-refractivity contribution is -0.143. The number of alkyl halides is 6. The van der Waals surface area contributed by atoms with E-state index in [4.69, 9.17) is 4.74 Å². The number of halogens is 6. The largest absolute Gasteiger partial charge is 0.446 e. The number of carbonyl (C=O) groups is 2. The number of aromatic nitrogens is 3. The number of benzene rings is 3. The third-order valence-corrected chi connectivity index (χ3v) is 6.24. The van der Waals surface area contributed by atoms with Crippen LogP contribution in [-0.4, -0.2) is 38.5 Å². The molecule has 0 saturated carbocycles. The van der Waals surface area contributed by atoms with Gasteiger partial charge in [0.05, 0.1) is 17.7 Å². The van der Waals surface area contributed by atoms with Crippen LogP contribution in [0.4, 0.5) is 31.1 Å². The minimum absolute atomic E-state index is 0.00285. The van der Waals surface area contributed by atoms with Crippen molar-refractivity contribution in [2.45, 2.75) is 24.9 Å². The molecule has 1 aliphatic heterocycles. The first-order valence-electron chi connectivity index (χ1n) is 11.8. The predicted molar refractivity (Wildman–Crippen MR) is 128 cm³/mol. The van der Waals surface area contributed by atoms with Crippen molar-refractivity contribution in [2.24, 2.45) is 0 Å². The number of ether oxygens (including phenoxy) is 1. The lowest BCUT2D eigenvalue weighted by Gasteiger charge is -2.19. The molecule has 0 radical (unpaired) electrons. The van der Waals surface area contributed by atoms with Gasteiger partial charge in [-0.05, 0) is 29.3 Å². The summed E-state index contributed by atoms with van der Waals surface area (Å²) in [6.07, 6.45) is -11.0. The average Bonchev–Trinajstić information content (AvgIpc) is 3.51. The Labute approximate surface area is 222 Å². The molecule has 1 atom stereocenters. The number of nitrogens with zero attached hydrogens (tertiary/aromatic N) is 4. The van der Waals surface area contributed by atoms with Crippen molar-refractivity contribution in [3.63, 3.8) is 0 Å². The van der Waals surface area contributed by atoms with E-state index >= 15 is 0 Å². The molecule has 2 amide bonds. The first kappa shape index (κ1) is 26.9. The summed E-state index contributed by atoms with van der Waals surface area (Å²) in [5.41, 5.74) is -2.70. The summed E-state index contributed by atoms with van der Waals surface area (Å²) < 4.78 is 86.7. The highest BCUT2D eigenvalue weighted by Gasteiger charge is 2.42. The highest BCUT2D eigenvalue weighted by molar-refractivity contribution is 6.06. The van der Waals surface area contributed by atoms with E-state index in [1.165, 1.54) is 0 Å². The summed E-state index contributed by atoms with van der Waals surface area (Å²) in [5.74, 6) is -0.888. The monoisotopic (exact) mass is 560 g/mol. The van der Waals surface area contributed by atoms with E-state index < -0.39 is 48.1 Å². The zero-order valence-electron chi connectivity index (χ0n) is 20.3. The van der Waals surface area contributed by atoms with Crippen molar-refractivity contribution in [3.8, 4) is 11.3 Å². The van der Waals surface area contributed by atoms with Crippen LogP contribution in [-0.2, 0) is 23.6 Å². The predicted octanol–water partition coefficient (Wildman–Crippen LogP) is 6.36. The van der Waals surface area contributed by atoms with Gasteiger partial charge in [0.2, 0.25) is 0 Å². The van der Waals surface area contributed by atoms with Crippen molar-refractivity contribution in [2.75, 3.05) is 6.61 Å². The van der Waals surface area contributed by atoms with Gasteiger partial charge in [-0.3, -0.25) is 4.79 Å². The third kappa shape index (κ3) is 5.26. The molecule has 13 heteroatoms. The van der Waals surface area contributed by atoms with Crippen molar-refractivity contribution >= 4 is 12.0 Å². The summed E-state index contributed by atoms with van der Waals surface area (Å²) in [4.78, 5) is 27.1. The molecule has 1 aromatic heterocycles. The number of hydrogen-bond donors (Lipinski definition) is 0. The van der Waals surface area contributed by atoms with Gasteiger partial charge in [-0.2, -0.15) is 26.3 Å². The molecule has 0 aliphatic carbocycles. The summed E-state index contributed by atoms with van der Waals surface area (Å²) >= 11 is 0. The molecule has 206 valence electrons. The molecule has 0 spiro atoms. The third-order valence-electron chi connectivity index (χ3n) is 6.24. The lowest BCUT2D eigenvalue weighted by Crippen LogP contribution is -2.34. The highest BCUT2D eigenvalue weighted by atomic mass is 19.4. The maximum Gasteiger partial charge on any atom is 0.417 e. The van der Waals surface area contributed by atoms with E-state index in [0.29, 0.717) is 23.3 Å². The van der Waals surface area contributed by atoms with Crippen LogP contribution in [0.5, 0.6) is 0 Å². The van der Waals surface area contributed by atoms with Gasteiger partial charge >= 0.3 is 18.4 Å². The fourth-order valence-corrected chi connectivity index (χ4v) is 4.41. The smallest absolute Gasteiger partial charge is 0.417 e. The Balaban J connectivity index is 1.59. The molecule has 1 fully saturated rings. The highest BCUT2D eigenvalue weighted by Crippen LogP contribution is 2.37. The van der Waals surface area contributed by atoms with Crippen LogP contribution in [0.3, 0.4) is 0 Å². The molecular weight excluding hydrogens is 542 g/mol. The molecule has 0 N–H and O–H groups in total. The Morgan fingerprint density at radius 2 is 1.45 bits per heavy atom. The molecule has 7 nitrogen and oxygen atoms in total. The number of rotatable bonds is 5. The normalized spacial score (nSPS) is 15.8. The Morgan fingerprint density at radius 3 is 2.02 bits per heavy atom. The van der Waals surface area contributed by atoms with Crippen LogP contribution in [0.1, 0.15) is 38.8 Å². The van der Waals surface area contributed by atoms with Gasteiger partial charge in [-0.25, -0.2) is 14.4 Å². The molecule has 3 aromatic carbocycles. The molecule has 1 saturated heterocycles. The second-order valence-corrected chi connectivity index (χ2v) is 8.90. The first-order valence-corrected chi connectivity index (χ1v) is 11.8. The Bertz CT molecular complexity index is 1520. The quantitative estimate of drug-likeness (QED) is 0.266. The van der Waals surface area contributed by atoms with Crippen molar-refractivity contribution in [1.82, 2.24) is 19.9 Å². The van der Waals surface area contributed by atoms with E-state index in [0.717, 1.165) is 9.58 Å². The molecule has 1 aliphatic rings. The van der Waals surface area contributed by atoms with E-state index in [9.17, 15) is 35.9 Å². The minimum Gasteiger partial charge on any atom is -0.446 e. The zero-order chi connectivity index (χ0) is 28.7. The SMILES string of the molecule is O=C1OCC(c2ccccc2)N1C(=O)c1nnn(Cc2cc(C(F)(F)F)cc(C(F)(F)F)c2)c1-c1ccccc1. The van der Waals surface area contributed by atoms with Crippen LogP contribution in [0.25, 0.3) is 11.3 Å². The summed E-state index contributed by atoms with van der Waals surface area (Å²) in [6.45, 7) is -0.697. The molecule has 40 heavy (non-hydrogen) atoms. The van der Waals surface area contributed by atoms with Gasteiger partial charge in [0.1, 0.15) is 18.3 Å². The number of hydrogen-bond acceptors (Lipinski definition) is 5. The molecule has 5 rings (SSSR count). The average molecular weight is 560 g/mol. The van der Waals surface area contributed by atoms with Gasteiger partial charge < -0.3 is 4.74 Å². The summed E-state index contributed by atoms with van der Waals surface area (Å²) in [7, 11) is 0. The van der Waals surface area contributed by atoms with E-state index in [2.05, 4.69) is 10.3 Å². The number of carbonyl (C=O) groups excluding carboxylic acids is 2. The molecular formula is C27H18F6N4O3. The van der Waals surface area contributed by atoms with Crippen LogP contribution >= 0.6 is 0 Å². The fourth-order valence-electron chi connectivity index (χ4n) is 4.41. The summed E-state index contributed by atoms with van der Waals surface area (Å²) in [6, 6.07) is 17.0. The van der Waals surface area contributed by atoms with Gasteiger partial charge in [-0.15, -0.1) is 5.10 Å². The van der Waals surface area contributed by atoms with Gasteiger partial charge in [0.25, 0.3) is 5.91 Å². The standard InChI is InChI=1S/C27H18F6N4O3/c28-26(29,30)19-11-16(12-20(13-19)27(31,32)33)14-36-23(18-9-5-2-6-10-18)22(34-35-36)24(38)37-21(15-40-25(37)39)17-7-3-1-4-8-17/h1-13,21H,14-15H2. The van der Waals surface area contributed by atoms with Crippen LogP contribution in [0.2, 0.25) is 0 Å². The second-order valence-electron chi connectivity index (χ2n) is 8.90. The number of imide groups is 1. The van der Waals surface area contributed by atoms with Gasteiger partial charge in [-0.1, -0.05) is 65.9 Å². The lowest BCUT2D eigenvalue weighted by atomic mass is 10.0. The molecule has 1 unspecified atom stereocenters. The minimum atomic E-state index is -5.04. The van der Waals surface area contributed by atoms with Crippen molar-refractivity contribution in [1.29, 1.82) is 0 Å². The second kappa shape index (κ2) is 10.1. The molecule has 2 heterocycles. The van der Waals surface area contributed by atoms with Crippen LogP contribution in [0, 0.1) is 0 Å². The zero-order valence-corrected chi connectivity index (χ0v) is 20.3. The van der Waals surface area contributed by atoms with E-state index in [1.54, 1.807) is 60.7 Å². The number of cyclic esters (lactones) is 1. The Morgan fingerprint density at radius 1 is 0.875 bits per heavy atom. The van der Waals surface area contributed by atoms with Crippen LogP contribution in [0.15, 0.2) is 78.9 Å². The molecule has 4 aromatic rings. The summed E-state index contributed by atoms with van der Waals surface area (Å²) in [5, 5.41) is 7.80. The first-order chi connectivity index (χ1) is 18.9. The maximum absolute atomic E-state index is 13.7. The number of amides is 2. The van der Waals surface area contributed by atoms with Crippen molar-refractivity contribution < 1.29 is 40.7 Å². The van der Waals surface area contributed by atoms with Gasteiger partial charge in [0, 0.05) is 5.56 Å². The molecule has 0 bridgehead atoms. The van der Waals surface area contributed by atoms with Gasteiger partial charge in [0.15, 0.2) is 5.69 Å². The maximum atomic E-state index is 13.7.